The molecule has 0 spiro atoms. The zero-order valence-corrected chi connectivity index (χ0v) is 21.2. The first-order valence-corrected chi connectivity index (χ1v) is 12.2. The van der Waals surface area contributed by atoms with Gasteiger partial charge in [-0.25, -0.2) is 9.59 Å². The molecule has 2 atom stereocenters. The number of furan rings is 1. The van der Waals surface area contributed by atoms with Gasteiger partial charge in [-0.1, -0.05) is 18.5 Å². The SMILES string of the molecule is CCOC(=O)c1oc2cc(Cl)c(/C(C=N)=C/NC)cc2c1N(C(=O)OCC)[C@H]1CCO[C@@H](CC)C1. The summed E-state index contributed by atoms with van der Waals surface area (Å²) in [6.07, 6.45) is 4.13. The van der Waals surface area contributed by atoms with Gasteiger partial charge in [-0.05, 0) is 39.2 Å². The van der Waals surface area contributed by atoms with Crippen LogP contribution in [-0.2, 0) is 14.2 Å². The van der Waals surface area contributed by atoms with E-state index in [0.29, 0.717) is 46.6 Å². The van der Waals surface area contributed by atoms with Gasteiger partial charge in [-0.15, -0.1) is 0 Å². The number of rotatable bonds is 9. The Labute approximate surface area is 209 Å². The van der Waals surface area contributed by atoms with Crippen LogP contribution >= 0.6 is 11.6 Å². The summed E-state index contributed by atoms with van der Waals surface area (Å²) in [5, 5.41) is 11.5. The average Bonchev–Trinajstić information content (AvgIpc) is 3.20. The molecule has 0 bridgehead atoms. The van der Waals surface area contributed by atoms with E-state index in [1.54, 1.807) is 39.2 Å². The Balaban J connectivity index is 2.30. The van der Waals surface area contributed by atoms with E-state index in [1.807, 2.05) is 6.92 Å². The highest BCUT2D eigenvalue weighted by Gasteiger charge is 2.38. The minimum absolute atomic E-state index is 0.0250. The number of carbonyl (C=O) groups excluding carboxylic acids is 2. The highest BCUT2D eigenvalue weighted by molar-refractivity contribution is 6.35. The molecule has 0 saturated carbocycles. The molecular weight excluding hydrogens is 474 g/mol. The molecule has 1 amide bonds. The van der Waals surface area contributed by atoms with Gasteiger partial charge in [0.2, 0.25) is 5.76 Å². The second-order valence-electron chi connectivity index (χ2n) is 8.01. The number of halogens is 1. The maximum Gasteiger partial charge on any atom is 0.414 e. The third-order valence-corrected chi connectivity index (χ3v) is 6.16. The number of esters is 1. The maximum atomic E-state index is 13.3. The Morgan fingerprint density at radius 2 is 2.00 bits per heavy atom. The van der Waals surface area contributed by atoms with E-state index in [9.17, 15) is 9.59 Å². The van der Waals surface area contributed by atoms with Crippen molar-refractivity contribution >= 4 is 52.1 Å². The summed E-state index contributed by atoms with van der Waals surface area (Å²) in [4.78, 5) is 27.8. The Kier molecular flexibility index (Phi) is 9.17. The summed E-state index contributed by atoms with van der Waals surface area (Å²) in [5.74, 6) is -0.792. The molecule has 0 radical (unpaired) electrons. The molecule has 2 heterocycles. The van der Waals surface area contributed by atoms with Crippen LogP contribution in [0.3, 0.4) is 0 Å². The largest absolute Gasteiger partial charge is 0.460 e. The molecule has 2 N–H and O–H groups in total. The van der Waals surface area contributed by atoms with Crippen LogP contribution in [0.2, 0.25) is 5.02 Å². The molecule has 1 aliphatic rings. The van der Waals surface area contributed by atoms with Gasteiger partial charge in [0.15, 0.2) is 0 Å². The lowest BCUT2D eigenvalue weighted by atomic mass is 9.98. The van der Waals surface area contributed by atoms with E-state index in [1.165, 1.54) is 11.1 Å². The summed E-state index contributed by atoms with van der Waals surface area (Å²) >= 11 is 6.52. The lowest BCUT2D eigenvalue weighted by Gasteiger charge is -2.36. The third kappa shape index (κ3) is 5.62. The molecule has 1 aliphatic heterocycles. The minimum Gasteiger partial charge on any atom is -0.460 e. The summed E-state index contributed by atoms with van der Waals surface area (Å²) in [7, 11) is 1.72. The first-order chi connectivity index (χ1) is 16.9. The number of hydrogen-bond donors (Lipinski definition) is 2. The quantitative estimate of drug-likeness (QED) is 0.346. The van der Waals surface area contributed by atoms with Gasteiger partial charge in [-0.2, -0.15) is 0 Å². The molecule has 1 aromatic carbocycles. The van der Waals surface area contributed by atoms with E-state index in [4.69, 9.17) is 35.6 Å². The number of nitrogens with zero attached hydrogens (tertiary/aromatic N) is 1. The standard InChI is InChI=1S/C25H32ClN3O6/c1-5-17-10-16(8-9-34-17)29(25(31)33-7-3)22-19-11-18(15(13-27)14-28-4)20(26)12-21(19)35-23(22)24(30)32-6-2/h11-14,16-17,27-28H,5-10H2,1-4H3/b15-14+,27-13?/t16-,17-/m0/s1. The smallest absolute Gasteiger partial charge is 0.414 e. The van der Waals surface area contributed by atoms with Crippen molar-refractivity contribution in [3.8, 4) is 0 Å². The molecule has 1 fully saturated rings. The molecule has 10 heteroatoms. The fourth-order valence-corrected chi connectivity index (χ4v) is 4.51. The van der Waals surface area contributed by atoms with Gasteiger partial charge in [0.05, 0.1) is 24.3 Å². The highest BCUT2D eigenvalue weighted by atomic mass is 35.5. The Hall–Kier alpha value is -3.04. The van der Waals surface area contributed by atoms with Crippen molar-refractivity contribution in [1.29, 1.82) is 5.41 Å². The second-order valence-corrected chi connectivity index (χ2v) is 8.42. The molecule has 0 aliphatic carbocycles. The highest BCUT2D eigenvalue weighted by Crippen LogP contribution is 2.41. The maximum absolute atomic E-state index is 13.3. The summed E-state index contributed by atoms with van der Waals surface area (Å²) in [5.41, 5.74) is 1.65. The van der Waals surface area contributed by atoms with Crippen molar-refractivity contribution in [2.45, 2.75) is 52.2 Å². The summed E-state index contributed by atoms with van der Waals surface area (Å²) in [6.45, 7) is 6.23. The van der Waals surface area contributed by atoms with Gasteiger partial charge >= 0.3 is 12.1 Å². The van der Waals surface area contributed by atoms with Crippen molar-refractivity contribution in [2.24, 2.45) is 0 Å². The van der Waals surface area contributed by atoms with Crippen molar-refractivity contribution in [3.05, 3.63) is 34.7 Å². The fraction of sp³-hybridized carbons (Fsp3) is 0.480. The number of anilines is 1. The zero-order chi connectivity index (χ0) is 25.5. The molecule has 3 rings (SSSR count). The minimum atomic E-state index is -0.692. The van der Waals surface area contributed by atoms with Crippen LogP contribution in [0.1, 0.15) is 56.2 Å². The van der Waals surface area contributed by atoms with E-state index < -0.39 is 12.1 Å². The second kappa shape index (κ2) is 12.1. The Bertz CT molecular complexity index is 1110. The van der Waals surface area contributed by atoms with Crippen LogP contribution in [0.5, 0.6) is 0 Å². The number of amides is 1. The topological polar surface area (TPSA) is 114 Å². The van der Waals surface area contributed by atoms with Crippen LogP contribution in [0.25, 0.3) is 16.5 Å². The van der Waals surface area contributed by atoms with Crippen LogP contribution in [0.15, 0.2) is 22.7 Å². The van der Waals surface area contributed by atoms with Crippen molar-refractivity contribution in [3.63, 3.8) is 0 Å². The predicted molar refractivity (Wildman–Crippen MR) is 136 cm³/mol. The fourth-order valence-electron chi connectivity index (χ4n) is 4.25. The molecule has 2 aromatic rings. The molecule has 190 valence electrons. The molecule has 1 aromatic heterocycles. The Morgan fingerprint density at radius 3 is 2.63 bits per heavy atom. The number of benzene rings is 1. The van der Waals surface area contributed by atoms with E-state index >= 15 is 0 Å². The van der Waals surface area contributed by atoms with E-state index in [-0.39, 0.29) is 36.8 Å². The van der Waals surface area contributed by atoms with Crippen molar-refractivity contribution in [1.82, 2.24) is 5.32 Å². The molecule has 1 saturated heterocycles. The van der Waals surface area contributed by atoms with Gasteiger partial charge < -0.3 is 29.4 Å². The van der Waals surface area contributed by atoms with Gasteiger partial charge in [0.25, 0.3) is 0 Å². The lowest BCUT2D eigenvalue weighted by Crippen LogP contribution is -2.46. The average molecular weight is 506 g/mol. The van der Waals surface area contributed by atoms with Gasteiger partial charge in [0, 0.05) is 54.7 Å². The first-order valence-electron chi connectivity index (χ1n) is 11.8. The number of allylic oxidation sites excluding steroid dienone is 1. The molecule has 0 unspecified atom stereocenters. The van der Waals surface area contributed by atoms with Crippen LogP contribution in [0, 0.1) is 5.41 Å². The molecule has 35 heavy (non-hydrogen) atoms. The van der Waals surface area contributed by atoms with Gasteiger partial charge in [0.1, 0.15) is 11.3 Å². The summed E-state index contributed by atoms with van der Waals surface area (Å²) < 4.78 is 22.5. The normalized spacial score (nSPS) is 18.3. The van der Waals surface area contributed by atoms with Crippen molar-refractivity contribution in [2.75, 3.05) is 31.8 Å². The van der Waals surface area contributed by atoms with Crippen LogP contribution in [-0.4, -0.2) is 57.3 Å². The summed E-state index contributed by atoms with van der Waals surface area (Å²) in [6, 6.07) is 3.01. The predicted octanol–water partition coefficient (Wildman–Crippen LogP) is 5.39. The van der Waals surface area contributed by atoms with E-state index in [0.717, 1.165) is 6.42 Å². The van der Waals surface area contributed by atoms with E-state index in [2.05, 4.69) is 5.32 Å². The number of ether oxygens (including phenoxy) is 3. The number of carbonyl (C=O) groups is 2. The Morgan fingerprint density at radius 1 is 1.26 bits per heavy atom. The van der Waals surface area contributed by atoms with Crippen LogP contribution < -0.4 is 10.2 Å². The lowest BCUT2D eigenvalue weighted by molar-refractivity contribution is 0.00465. The van der Waals surface area contributed by atoms with Crippen molar-refractivity contribution < 1.29 is 28.2 Å². The number of fused-ring (bicyclic) bond motifs is 1. The molecule has 9 nitrogen and oxygen atoms in total. The van der Waals surface area contributed by atoms with Gasteiger partial charge in [-0.3, -0.25) is 4.90 Å². The zero-order valence-electron chi connectivity index (χ0n) is 20.5. The van der Waals surface area contributed by atoms with Crippen LogP contribution in [0.4, 0.5) is 10.5 Å². The molecular formula is C25H32ClN3O6. The third-order valence-electron chi connectivity index (χ3n) is 5.84. The first kappa shape index (κ1) is 26.6. The number of nitrogens with one attached hydrogen (secondary N) is 2. The number of hydrogen-bond acceptors (Lipinski definition) is 8. The monoisotopic (exact) mass is 505 g/mol.